The first-order valence-electron chi connectivity index (χ1n) is 7.78. The highest BCUT2D eigenvalue weighted by atomic mass is 16.4. The lowest BCUT2D eigenvalue weighted by Gasteiger charge is -2.21. The molecule has 2 rings (SSSR count). The number of rotatable bonds is 9. The van der Waals surface area contributed by atoms with Crippen molar-refractivity contribution in [1.82, 2.24) is 25.6 Å². The van der Waals surface area contributed by atoms with Gasteiger partial charge in [0.1, 0.15) is 5.82 Å². The zero-order chi connectivity index (χ0) is 16.7. The van der Waals surface area contributed by atoms with Crippen LogP contribution in [0, 0.1) is 5.92 Å². The predicted molar refractivity (Wildman–Crippen MR) is 84.5 cm³/mol. The summed E-state index contributed by atoms with van der Waals surface area (Å²) in [6.45, 7) is 1.98. The molecule has 0 fully saturated rings. The van der Waals surface area contributed by atoms with Crippen molar-refractivity contribution in [2.24, 2.45) is 5.92 Å². The van der Waals surface area contributed by atoms with Gasteiger partial charge in [-0.1, -0.05) is 19.4 Å². The minimum atomic E-state index is -0.803. The molecule has 0 bridgehead atoms. The van der Waals surface area contributed by atoms with Crippen molar-refractivity contribution in [3.8, 4) is 0 Å². The van der Waals surface area contributed by atoms with Gasteiger partial charge in [-0.3, -0.25) is 4.79 Å². The highest BCUT2D eigenvalue weighted by molar-refractivity contribution is 5.71. The molecule has 0 aliphatic rings. The minimum absolute atomic E-state index is 0.218. The fourth-order valence-corrected chi connectivity index (χ4v) is 2.77. The van der Waals surface area contributed by atoms with E-state index in [2.05, 4.69) is 25.6 Å². The van der Waals surface area contributed by atoms with E-state index < -0.39 is 11.9 Å². The lowest BCUT2D eigenvalue weighted by molar-refractivity contribution is -0.143. The molecular formula is C15H22N6O2. The van der Waals surface area contributed by atoms with Crippen LogP contribution in [0.25, 0.3) is 0 Å². The summed E-state index contributed by atoms with van der Waals surface area (Å²) < 4.78 is 0. The quantitative estimate of drug-likeness (QED) is 0.642. The molecule has 2 heterocycles. The Kier molecular flexibility index (Phi) is 6.02. The van der Waals surface area contributed by atoms with Gasteiger partial charge < -0.3 is 10.8 Å². The number of aliphatic carboxylic acids is 1. The van der Waals surface area contributed by atoms with Gasteiger partial charge in [0.25, 0.3) is 0 Å². The Bertz CT molecular complexity index is 599. The lowest BCUT2D eigenvalue weighted by Crippen LogP contribution is -2.23. The molecule has 2 aromatic rings. The number of aryl methyl sites for hydroxylation is 1. The number of hydrogen-bond donors (Lipinski definition) is 3. The fraction of sp³-hybridized carbons (Fsp3) is 0.533. The van der Waals surface area contributed by atoms with E-state index in [0.717, 1.165) is 24.8 Å². The van der Waals surface area contributed by atoms with E-state index in [1.165, 1.54) is 0 Å². The molecule has 0 aromatic carbocycles. The van der Waals surface area contributed by atoms with Gasteiger partial charge in [0.2, 0.25) is 0 Å². The molecule has 8 heteroatoms. The SMILES string of the molecule is CCCC(C(=O)O)C(CCCc1ccc(N)nc1)c1nnn[nH]1. The summed E-state index contributed by atoms with van der Waals surface area (Å²) in [5.41, 5.74) is 6.65. The van der Waals surface area contributed by atoms with Crippen molar-refractivity contribution >= 4 is 11.8 Å². The lowest BCUT2D eigenvalue weighted by atomic mass is 9.84. The van der Waals surface area contributed by atoms with Crippen molar-refractivity contribution in [3.63, 3.8) is 0 Å². The Balaban J connectivity index is 2.02. The molecule has 0 saturated heterocycles. The number of hydrogen-bond acceptors (Lipinski definition) is 6. The van der Waals surface area contributed by atoms with E-state index in [9.17, 15) is 9.90 Å². The van der Waals surface area contributed by atoms with Crippen LogP contribution in [0.4, 0.5) is 5.82 Å². The summed E-state index contributed by atoms with van der Waals surface area (Å²) in [6, 6.07) is 3.71. The average molecular weight is 318 g/mol. The number of H-pyrrole nitrogens is 1. The molecule has 0 aliphatic heterocycles. The maximum Gasteiger partial charge on any atom is 0.307 e. The van der Waals surface area contributed by atoms with Gasteiger partial charge in [-0.05, 0) is 47.7 Å². The van der Waals surface area contributed by atoms with Gasteiger partial charge >= 0.3 is 5.97 Å². The topological polar surface area (TPSA) is 131 Å². The summed E-state index contributed by atoms with van der Waals surface area (Å²) in [7, 11) is 0. The minimum Gasteiger partial charge on any atom is -0.481 e. The van der Waals surface area contributed by atoms with Crippen LogP contribution in [0.15, 0.2) is 18.3 Å². The van der Waals surface area contributed by atoms with Gasteiger partial charge in [0.15, 0.2) is 5.82 Å². The molecule has 0 spiro atoms. The average Bonchev–Trinajstić information content (AvgIpc) is 3.05. The second-order valence-electron chi connectivity index (χ2n) is 5.61. The van der Waals surface area contributed by atoms with E-state index in [1.807, 2.05) is 13.0 Å². The summed E-state index contributed by atoms with van der Waals surface area (Å²) in [5.74, 6) is -0.472. The maximum absolute atomic E-state index is 11.6. The zero-order valence-electron chi connectivity index (χ0n) is 13.1. The largest absolute Gasteiger partial charge is 0.481 e. The molecule has 4 N–H and O–H groups in total. The van der Waals surface area contributed by atoms with Crippen molar-refractivity contribution < 1.29 is 9.90 Å². The van der Waals surface area contributed by atoms with E-state index in [4.69, 9.17) is 5.73 Å². The molecule has 0 radical (unpaired) electrons. The Labute approximate surface area is 134 Å². The summed E-state index contributed by atoms with van der Waals surface area (Å²) in [6.07, 6.45) is 5.48. The Morgan fingerprint density at radius 2 is 2.22 bits per heavy atom. The van der Waals surface area contributed by atoms with Gasteiger partial charge in [-0.25, -0.2) is 10.1 Å². The normalized spacial score (nSPS) is 13.6. The number of aromatic amines is 1. The maximum atomic E-state index is 11.6. The zero-order valence-corrected chi connectivity index (χ0v) is 13.1. The van der Waals surface area contributed by atoms with Crippen molar-refractivity contribution in [1.29, 1.82) is 0 Å². The second kappa shape index (κ2) is 8.21. The first-order chi connectivity index (χ1) is 11.1. The van der Waals surface area contributed by atoms with E-state index >= 15 is 0 Å². The third-order valence-electron chi connectivity index (χ3n) is 3.94. The monoisotopic (exact) mass is 318 g/mol. The first-order valence-corrected chi connectivity index (χ1v) is 7.78. The van der Waals surface area contributed by atoms with Gasteiger partial charge in [-0.15, -0.1) is 5.10 Å². The number of nitrogens with one attached hydrogen (secondary N) is 1. The smallest absolute Gasteiger partial charge is 0.307 e. The number of carboxylic acid groups (broad SMARTS) is 1. The summed E-state index contributed by atoms with van der Waals surface area (Å²) in [4.78, 5) is 15.7. The first kappa shape index (κ1) is 16.9. The number of nitrogen functional groups attached to an aromatic ring is 1. The molecule has 2 unspecified atom stereocenters. The van der Waals surface area contributed by atoms with Crippen molar-refractivity contribution in [3.05, 3.63) is 29.7 Å². The van der Waals surface area contributed by atoms with Crippen LogP contribution in [-0.2, 0) is 11.2 Å². The van der Waals surface area contributed by atoms with Gasteiger partial charge in [0.05, 0.1) is 5.92 Å². The van der Waals surface area contributed by atoms with E-state index in [0.29, 0.717) is 24.5 Å². The van der Waals surface area contributed by atoms with Crippen LogP contribution in [0.3, 0.4) is 0 Å². The third-order valence-corrected chi connectivity index (χ3v) is 3.94. The number of carbonyl (C=O) groups is 1. The standard InChI is InChI=1S/C15H22N6O2/c1-2-4-12(15(22)23)11(14-18-20-21-19-14)6-3-5-10-7-8-13(16)17-9-10/h7-9,11-12H,2-6H2,1H3,(H2,16,17)(H,22,23)(H,18,19,20,21). The number of tetrazole rings is 1. The molecule has 23 heavy (non-hydrogen) atoms. The highest BCUT2D eigenvalue weighted by Gasteiger charge is 2.30. The molecule has 2 atom stereocenters. The molecular weight excluding hydrogens is 296 g/mol. The number of anilines is 1. The number of pyridine rings is 1. The number of nitrogens with zero attached hydrogens (tertiary/aromatic N) is 4. The molecule has 0 saturated carbocycles. The Morgan fingerprint density at radius 1 is 1.39 bits per heavy atom. The van der Waals surface area contributed by atoms with Crippen LogP contribution < -0.4 is 5.73 Å². The molecule has 124 valence electrons. The van der Waals surface area contributed by atoms with E-state index in [-0.39, 0.29) is 5.92 Å². The fourth-order valence-electron chi connectivity index (χ4n) is 2.77. The molecule has 8 nitrogen and oxygen atoms in total. The van der Waals surface area contributed by atoms with Crippen LogP contribution in [0.5, 0.6) is 0 Å². The van der Waals surface area contributed by atoms with Crippen LogP contribution in [0.2, 0.25) is 0 Å². The van der Waals surface area contributed by atoms with Gasteiger partial charge in [-0.2, -0.15) is 0 Å². The molecule has 0 amide bonds. The van der Waals surface area contributed by atoms with Gasteiger partial charge in [0, 0.05) is 12.1 Å². The Hall–Kier alpha value is -2.51. The van der Waals surface area contributed by atoms with Crippen LogP contribution >= 0.6 is 0 Å². The van der Waals surface area contributed by atoms with Crippen LogP contribution in [-0.4, -0.2) is 36.7 Å². The number of aromatic nitrogens is 5. The second-order valence-corrected chi connectivity index (χ2v) is 5.61. The Morgan fingerprint density at radius 3 is 2.78 bits per heavy atom. The summed E-state index contributed by atoms with van der Waals surface area (Å²) >= 11 is 0. The van der Waals surface area contributed by atoms with E-state index in [1.54, 1.807) is 12.3 Å². The van der Waals surface area contributed by atoms with Crippen LogP contribution in [0.1, 0.15) is 49.9 Å². The van der Waals surface area contributed by atoms with Crippen molar-refractivity contribution in [2.75, 3.05) is 5.73 Å². The summed E-state index contributed by atoms with van der Waals surface area (Å²) in [5, 5.41) is 23.3. The van der Waals surface area contributed by atoms with Crippen molar-refractivity contribution in [2.45, 2.75) is 44.9 Å². The highest BCUT2D eigenvalue weighted by Crippen LogP contribution is 2.30. The number of nitrogens with two attached hydrogens (primary N) is 1. The predicted octanol–water partition coefficient (Wildman–Crippen LogP) is 1.78. The molecule has 0 aliphatic carbocycles. The number of carboxylic acids is 1. The molecule has 2 aromatic heterocycles. The third kappa shape index (κ3) is 4.73.